The van der Waals surface area contributed by atoms with E-state index in [-0.39, 0.29) is 18.3 Å². The van der Waals surface area contributed by atoms with Crippen molar-refractivity contribution in [1.29, 1.82) is 0 Å². The third-order valence-corrected chi connectivity index (χ3v) is 5.30. The number of ether oxygens (including phenoxy) is 2. The first kappa shape index (κ1) is 22.0. The lowest BCUT2D eigenvalue weighted by Crippen LogP contribution is -2.20. The van der Waals surface area contributed by atoms with Crippen LogP contribution in [0.15, 0.2) is 71.1 Å². The molecule has 3 aromatic carbocycles. The largest absolute Gasteiger partial charge is 0.494 e. The molecule has 2 N–H and O–H groups in total. The van der Waals surface area contributed by atoms with Crippen molar-refractivity contribution in [1.82, 2.24) is 0 Å². The van der Waals surface area contributed by atoms with E-state index in [1.807, 2.05) is 50.2 Å². The minimum atomic E-state index is -0.400. The number of carbonyl (C=O) groups is 2. The summed E-state index contributed by atoms with van der Waals surface area (Å²) in [5.41, 5.74) is 3.70. The van der Waals surface area contributed by atoms with Crippen LogP contribution in [0.3, 0.4) is 0 Å². The molecule has 0 unspecified atom stereocenters. The Labute approximate surface area is 191 Å². The summed E-state index contributed by atoms with van der Waals surface area (Å²) in [7, 11) is 1.49. The summed E-state index contributed by atoms with van der Waals surface area (Å²) in [6, 6.07) is 19.7. The van der Waals surface area contributed by atoms with Gasteiger partial charge in [0.2, 0.25) is 0 Å². The molecule has 1 aromatic heterocycles. The van der Waals surface area contributed by atoms with E-state index in [0.717, 1.165) is 16.5 Å². The van der Waals surface area contributed by atoms with E-state index >= 15 is 0 Å². The van der Waals surface area contributed by atoms with E-state index in [4.69, 9.17) is 13.9 Å². The number of nitrogens with one attached hydrogen (secondary N) is 2. The highest BCUT2D eigenvalue weighted by Crippen LogP contribution is 2.29. The SMILES string of the molecule is COc1cc(NC(=O)COc2cccc(C)c2C)ccc1NC(=O)c1cc2ccccc2o1. The van der Waals surface area contributed by atoms with Gasteiger partial charge in [-0.1, -0.05) is 30.3 Å². The van der Waals surface area contributed by atoms with Crippen molar-refractivity contribution >= 4 is 34.2 Å². The smallest absolute Gasteiger partial charge is 0.291 e. The van der Waals surface area contributed by atoms with Crippen molar-refractivity contribution < 1.29 is 23.5 Å². The van der Waals surface area contributed by atoms with Crippen molar-refractivity contribution in [2.24, 2.45) is 0 Å². The number of aryl methyl sites for hydroxylation is 1. The molecular formula is C26H24N2O5. The number of anilines is 2. The van der Waals surface area contributed by atoms with Crippen LogP contribution < -0.4 is 20.1 Å². The molecule has 2 amide bonds. The molecule has 0 spiro atoms. The third kappa shape index (κ3) is 4.98. The molecule has 0 saturated heterocycles. The molecule has 33 heavy (non-hydrogen) atoms. The second kappa shape index (κ2) is 9.48. The zero-order chi connectivity index (χ0) is 23.4. The Morgan fingerprint density at radius 2 is 1.73 bits per heavy atom. The van der Waals surface area contributed by atoms with Crippen LogP contribution in [0.4, 0.5) is 11.4 Å². The van der Waals surface area contributed by atoms with Crippen molar-refractivity contribution in [3.63, 3.8) is 0 Å². The Bertz CT molecular complexity index is 1290. The maximum atomic E-state index is 12.6. The van der Waals surface area contributed by atoms with Gasteiger partial charge in [-0.3, -0.25) is 9.59 Å². The number of amides is 2. The molecule has 0 aliphatic heterocycles. The molecule has 0 aliphatic rings. The van der Waals surface area contributed by atoms with E-state index in [1.54, 1.807) is 30.3 Å². The molecule has 0 aliphatic carbocycles. The number of fused-ring (bicyclic) bond motifs is 1. The molecule has 7 heteroatoms. The predicted molar refractivity (Wildman–Crippen MR) is 127 cm³/mol. The van der Waals surface area contributed by atoms with Crippen LogP contribution in [0.5, 0.6) is 11.5 Å². The van der Waals surface area contributed by atoms with Crippen LogP contribution in [0, 0.1) is 13.8 Å². The van der Waals surface area contributed by atoms with Crippen LogP contribution >= 0.6 is 0 Å². The molecule has 0 atom stereocenters. The van der Waals surface area contributed by atoms with Crippen LogP contribution in [-0.2, 0) is 4.79 Å². The first-order valence-corrected chi connectivity index (χ1v) is 10.4. The van der Waals surface area contributed by atoms with Crippen LogP contribution in [0.1, 0.15) is 21.7 Å². The van der Waals surface area contributed by atoms with Crippen molar-refractivity contribution in [2.75, 3.05) is 24.4 Å². The standard InChI is InChI=1S/C26H24N2O5/c1-16-7-6-10-21(17(16)2)32-15-25(29)27-19-11-12-20(23(14-19)31-3)28-26(30)24-13-18-8-4-5-9-22(18)33-24/h4-14H,15H2,1-3H3,(H,27,29)(H,28,30). The van der Waals surface area contributed by atoms with Gasteiger partial charge in [0.25, 0.3) is 11.8 Å². The minimum Gasteiger partial charge on any atom is -0.494 e. The Morgan fingerprint density at radius 3 is 2.52 bits per heavy atom. The number of methoxy groups -OCH3 is 1. The van der Waals surface area contributed by atoms with Gasteiger partial charge in [0.1, 0.15) is 17.1 Å². The lowest BCUT2D eigenvalue weighted by Gasteiger charge is -2.13. The average Bonchev–Trinajstić information content (AvgIpc) is 3.25. The van der Waals surface area contributed by atoms with Gasteiger partial charge < -0.3 is 24.5 Å². The normalized spacial score (nSPS) is 10.6. The van der Waals surface area contributed by atoms with Crippen molar-refractivity contribution in [3.8, 4) is 11.5 Å². The van der Waals surface area contributed by atoms with E-state index < -0.39 is 5.91 Å². The molecule has 1 heterocycles. The molecule has 0 fully saturated rings. The Balaban J connectivity index is 1.41. The van der Waals surface area contributed by atoms with Crippen LogP contribution in [0.25, 0.3) is 11.0 Å². The minimum absolute atomic E-state index is 0.128. The number of hydrogen-bond donors (Lipinski definition) is 2. The molecule has 168 valence electrons. The zero-order valence-corrected chi connectivity index (χ0v) is 18.6. The molecule has 7 nitrogen and oxygen atoms in total. The Morgan fingerprint density at radius 1 is 0.909 bits per heavy atom. The summed E-state index contributed by atoms with van der Waals surface area (Å²) < 4.78 is 16.6. The fourth-order valence-electron chi connectivity index (χ4n) is 3.37. The quantitative estimate of drug-likeness (QED) is 0.402. The van der Waals surface area contributed by atoms with Crippen LogP contribution in [0.2, 0.25) is 0 Å². The Hall–Kier alpha value is -4.26. The van der Waals surface area contributed by atoms with E-state index in [2.05, 4.69) is 10.6 Å². The number of furan rings is 1. The summed E-state index contributed by atoms with van der Waals surface area (Å²) in [5.74, 6) is 0.554. The highest BCUT2D eigenvalue weighted by Gasteiger charge is 2.15. The molecule has 0 saturated carbocycles. The van der Waals surface area contributed by atoms with E-state index in [1.165, 1.54) is 7.11 Å². The van der Waals surface area contributed by atoms with E-state index in [0.29, 0.717) is 28.5 Å². The zero-order valence-electron chi connectivity index (χ0n) is 18.6. The van der Waals surface area contributed by atoms with Gasteiger partial charge in [-0.25, -0.2) is 0 Å². The maximum Gasteiger partial charge on any atom is 0.291 e. The van der Waals surface area contributed by atoms with Crippen LogP contribution in [-0.4, -0.2) is 25.5 Å². The number of para-hydroxylation sites is 1. The molecular weight excluding hydrogens is 420 g/mol. The van der Waals surface area contributed by atoms with E-state index in [9.17, 15) is 9.59 Å². The maximum absolute atomic E-state index is 12.6. The highest BCUT2D eigenvalue weighted by molar-refractivity contribution is 6.05. The summed E-state index contributed by atoms with van der Waals surface area (Å²) in [5, 5.41) is 6.40. The summed E-state index contributed by atoms with van der Waals surface area (Å²) in [6.45, 7) is 3.81. The second-order valence-corrected chi connectivity index (χ2v) is 7.55. The number of rotatable bonds is 7. The summed E-state index contributed by atoms with van der Waals surface area (Å²) in [4.78, 5) is 25.0. The lowest BCUT2D eigenvalue weighted by molar-refractivity contribution is -0.118. The topological polar surface area (TPSA) is 89.8 Å². The average molecular weight is 444 g/mol. The number of hydrogen-bond acceptors (Lipinski definition) is 5. The molecule has 0 radical (unpaired) electrons. The highest BCUT2D eigenvalue weighted by atomic mass is 16.5. The van der Waals surface area contributed by atoms with Gasteiger partial charge in [0, 0.05) is 17.1 Å². The number of carbonyl (C=O) groups excluding carboxylic acids is 2. The first-order chi connectivity index (χ1) is 15.9. The summed E-state index contributed by atoms with van der Waals surface area (Å²) in [6.07, 6.45) is 0. The van der Waals surface area contributed by atoms with Crippen molar-refractivity contribution in [2.45, 2.75) is 13.8 Å². The monoisotopic (exact) mass is 444 g/mol. The fourth-order valence-corrected chi connectivity index (χ4v) is 3.37. The molecule has 4 rings (SSSR count). The molecule has 0 bridgehead atoms. The number of benzene rings is 3. The van der Waals surface area contributed by atoms with Gasteiger partial charge in [0.05, 0.1) is 12.8 Å². The fraction of sp³-hybridized carbons (Fsp3) is 0.154. The first-order valence-electron chi connectivity index (χ1n) is 10.4. The third-order valence-electron chi connectivity index (χ3n) is 5.30. The summed E-state index contributed by atoms with van der Waals surface area (Å²) >= 11 is 0. The lowest BCUT2D eigenvalue weighted by atomic mass is 10.1. The van der Waals surface area contributed by atoms with Gasteiger partial charge in [-0.15, -0.1) is 0 Å². The predicted octanol–water partition coefficient (Wildman–Crippen LogP) is 5.33. The Kier molecular flexibility index (Phi) is 6.31. The second-order valence-electron chi connectivity index (χ2n) is 7.55. The van der Waals surface area contributed by atoms with Gasteiger partial charge >= 0.3 is 0 Å². The van der Waals surface area contributed by atoms with Crippen molar-refractivity contribution in [3.05, 3.63) is 83.6 Å². The molecule has 4 aromatic rings. The van der Waals surface area contributed by atoms with Gasteiger partial charge in [0.15, 0.2) is 12.4 Å². The van der Waals surface area contributed by atoms with Gasteiger partial charge in [-0.05, 0) is 55.3 Å². The van der Waals surface area contributed by atoms with Gasteiger partial charge in [-0.2, -0.15) is 0 Å².